The standard InChI is InChI=1S/C11H21N3O5/c1-10(2,8(12)17)5-13-9(18)14-6-11(3,19)4-7(15)16/h19H,4-6H2,1-3H3,(H2,12,17)(H,15,16)(H2,13,14,18). The molecule has 0 heterocycles. The van der Waals surface area contributed by atoms with E-state index >= 15 is 0 Å². The quantitative estimate of drug-likeness (QED) is 0.406. The summed E-state index contributed by atoms with van der Waals surface area (Å²) >= 11 is 0. The van der Waals surface area contributed by atoms with Crippen molar-refractivity contribution in [2.75, 3.05) is 13.1 Å². The van der Waals surface area contributed by atoms with Gasteiger partial charge in [-0.25, -0.2) is 4.79 Å². The minimum atomic E-state index is -1.54. The van der Waals surface area contributed by atoms with Crippen LogP contribution < -0.4 is 16.4 Å². The third-order valence-electron chi connectivity index (χ3n) is 2.52. The van der Waals surface area contributed by atoms with Gasteiger partial charge in [-0.3, -0.25) is 9.59 Å². The molecule has 0 aliphatic rings. The second-order valence-corrected chi connectivity index (χ2v) is 5.35. The van der Waals surface area contributed by atoms with E-state index in [1.165, 1.54) is 6.92 Å². The lowest BCUT2D eigenvalue weighted by Crippen LogP contribution is -2.49. The molecule has 0 aliphatic carbocycles. The molecule has 0 fully saturated rings. The number of hydrogen-bond donors (Lipinski definition) is 5. The Morgan fingerprint density at radius 2 is 1.58 bits per heavy atom. The maximum absolute atomic E-state index is 11.4. The van der Waals surface area contributed by atoms with Gasteiger partial charge in [0.15, 0.2) is 0 Å². The SMILES string of the molecule is CC(O)(CNC(=O)NCC(C)(C)C(N)=O)CC(=O)O. The number of primary amides is 1. The summed E-state index contributed by atoms with van der Waals surface area (Å²) in [6, 6.07) is -0.611. The first-order chi connectivity index (χ1) is 8.46. The van der Waals surface area contributed by atoms with Crippen LogP contribution in [-0.2, 0) is 9.59 Å². The molecule has 0 aromatic rings. The molecule has 0 rings (SSSR count). The third-order valence-corrected chi connectivity index (χ3v) is 2.52. The van der Waals surface area contributed by atoms with Crippen LogP contribution in [0.25, 0.3) is 0 Å². The number of carboxylic acid groups (broad SMARTS) is 1. The Morgan fingerprint density at radius 1 is 1.11 bits per heavy atom. The van der Waals surface area contributed by atoms with Gasteiger partial charge in [-0.2, -0.15) is 0 Å². The Labute approximate surface area is 111 Å². The molecule has 3 amide bonds. The second kappa shape index (κ2) is 6.37. The van der Waals surface area contributed by atoms with Gasteiger partial charge in [0.1, 0.15) is 0 Å². The van der Waals surface area contributed by atoms with Gasteiger partial charge in [-0.15, -0.1) is 0 Å². The van der Waals surface area contributed by atoms with Crippen LogP contribution in [0.4, 0.5) is 4.79 Å². The maximum atomic E-state index is 11.4. The molecule has 0 saturated carbocycles. The van der Waals surface area contributed by atoms with Gasteiger partial charge in [-0.05, 0) is 20.8 Å². The predicted molar refractivity (Wildman–Crippen MR) is 67.3 cm³/mol. The van der Waals surface area contributed by atoms with Crippen molar-refractivity contribution in [1.29, 1.82) is 0 Å². The Balaban J connectivity index is 4.14. The van der Waals surface area contributed by atoms with Gasteiger partial charge in [0, 0.05) is 13.1 Å². The summed E-state index contributed by atoms with van der Waals surface area (Å²) in [5.41, 5.74) is 2.71. The van der Waals surface area contributed by atoms with Crippen molar-refractivity contribution in [3.63, 3.8) is 0 Å². The van der Waals surface area contributed by atoms with Crippen LogP contribution in [0, 0.1) is 5.41 Å². The minimum Gasteiger partial charge on any atom is -0.481 e. The van der Waals surface area contributed by atoms with Gasteiger partial charge in [0.25, 0.3) is 0 Å². The summed E-state index contributed by atoms with van der Waals surface area (Å²) in [7, 11) is 0. The number of nitrogens with one attached hydrogen (secondary N) is 2. The zero-order valence-electron chi connectivity index (χ0n) is 11.3. The minimum absolute atomic E-state index is 0.0369. The smallest absolute Gasteiger partial charge is 0.314 e. The topological polar surface area (TPSA) is 142 Å². The van der Waals surface area contributed by atoms with E-state index in [0.717, 1.165) is 0 Å². The number of carboxylic acids is 1. The molecular formula is C11H21N3O5. The van der Waals surface area contributed by atoms with E-state index in [9.17, 15) is 19.5 Å². The first-order valence-corrected chi connectivity index (χ1v) is 5.72. The molecule has 1 unspecified atom stereocenters. The van der Waals surface area contributed by atoms with E-state index in [4.69, 9.17) is 10.8 Å². The van der Waals surface area contributed by atoms with Crippen LogP contribution >= 0.6 is 0 Å². The highest BCUT2D eigenvalue weighted by Gasteiger charge is 2.27. The number of aliphatic carboxylic acids is 1. The zero-order valence-corrected chi connectivity index (χ0v) is 11.3. The lowest BCUT2D eigenvalue weighted by molar-refractivity contribution is -0.141. The van der Waals surface area contributed by atoms with Gasteiger partial charge >= 0.3 is 12.0 Å². The van der Waals surface area contributed by atoms with E-state index in [1.807, 2.05) is 0 Å². The number of amides is 3. The number of carbonyl (C=O) groups is 3. The number of nitrogens with two attached hydrogens (primary N) is 1. The Kier molecular flexibility index (Phi) is 5.76. The van der Waals surface area contributed by atoms with Crippen LogP contribution in [0.5, 0.6) is 0 Å². The number of rotatable bonds is 7. The lowest BCUT2D eigenvalue weighted by atomic mass is 9.93. The highest BCUT2D eigenvalue weighted by Crippen LogP contribution is 2.11. The molecule has 6 N–H and O–H groups in total. The van der Waals surface area contributed by atoms with Crippen LogP contribution in [-0.4, -0.2) is 46.8 Å². The fourth-order valence-corrected chi connectivity index (χ4v) is 1.11. The third kappa shape index (κ3) is 7.24. The summed E-state index contributed by atoms with van der Waals surface area (Å²) in [4.78, 5) is 32.9. The first kappa shape index (κ1) is 17.2. The molecule has 8 heteroatoms. The number of urea groups is 1. The summed E-state index contributed by atoms with van der Waals surface area (Å²) in [5, 5.41) is 22.9. The van der Waals surface area contributed by atoms with Crippen molar-refractivity contribution in [2.24, 2.45) is 11.1 Å². The molecule has 0 aromatic heterocycles. The molecular weight excluding hydrogens is 254 g/mol. The Morgan fingerprint density at radius 3 is 2.00 bits per heavy atom. The van der Waals surface area contributed by atoms with Crippen LogP contribution in [0.2, 0.25) is 0 Å². The zero-order chi connectivity index (χ0) is 15.3. The van der Waals surface area contributed by atoms with E-state index in [-0.39, 0.29) is 13.1 Å². The van der Waals surface area contributed by atoms with Gasteiger partial charge in [-0.1, -0.05) is 0 Å². The number of hydrogen-bond acceptors (Lipinski definition) is 4. The molecule has 0 bridgehead atoms. The monoisotopic (exact) mass is 275 g/mol. The fourth-order valence-electron chi connectivity index (χ4n) is 1.11. The number of aliphatic hydroxyl groups is 1. The molecule has 0 radical (unpaired) electrons. The van der Waals surface area contributed by atoms with Crippen LogP contribution in [0.3, 0.4) is 0 Å². The predicted octanol–water partition coefficient (Wildman–Crippen LogP) is -0.977. The fraction of sp³-hybridized carbons (Fsp3) is 0.727. The summed E-state index contributed by atoms with van der Waals surface area (Å²) in [5.74, 6) is -1.72. The second-order valence-electron chi connectivity index (χ2n) is 5.35. The van der Waals surface area contributed by atoms with Crippen molar-refractivity contribution in [1.82, 2.24) is 10.6 Å². The van der Waals surface area contributed by atoms with Crippen molar-refractivity contribution < 1.29 is 24.6 Å². The van der Waals surface area contributed by atoms with Gasteiger partial charge in [0.05, 0.1) is 17.4 Å². The van der Waals surface area contributed by atoms with Crippen LogP contribution in [0.15, 0.2) is 0 Å². The van der Waals surface area contributed by atoms with E-state index < -0.39 is 35.3 Å². The van der Waals surface area contributed by atoms with Gasteiger partial charge in [0.2, 0.25) is 5.91 Å². The molecule has 0 aromatic carbocycles. The van der Waals surface area contributed by atoms with E-state index in [0.29, 0.717) is 0 Å². The van der Waals surface area contributed by atoms with Gasteiger partial charge < -0.3 is 26.6 Å². The molecule has 0 spiro atoms. The maximum Gasteiger partial charge on any atom is 0.314 e. The molecule has 0 saturated heterocycles. The molecule has 1 atom stereocenters. The van der Waals surface area contributed by atoms with Crippen LogP contribution in [0.1, 0.15) is 27.2 Å². The Bertz CT molecular complexity index is 365. The lowest BCUT2D eigenvalue weighted by Gasteiger charge is -2.23. The number of carbonyl (C=O) groups excluding carboxylic acids is 2. The summed E-state index contributed by atoms with van der Waals surface area (Å²) in [6.07, 6.45) is -0.486. The van der Waals surface area contributed by atoms with E-state index in [1.54, 1.807) is 13.8 Å². The van der Waals surface area contributed by atoms with Crippen molar-refractivity contribution >= 4 is 17.9 Å². The molecule has 8 nitrogen and oxygen atoms in total. The average molecular weight is 275 g/mol. The van der Waals surface area contributed by atoms with E-state index in [2.05, 4.69) is 10.6 Å². The molecule has 110 valence electrons. The first-order valence-electron chi connectivity index (χ1n) is 5.72. The largest absolute Gasteiger partial charge is 0.481 e. The Hall–Kier alpha value is -1.83. The molecule has 0 aliphatic heterocycles. The highest BCUT2D eigenvalue weighted by atomic mass is 16.4. The average Bonchev–Trinajstić information content (AvgIpc) is 2.21. The summed E-state index contributed by atoms with van der Waals surface area (Å²) < 4.78 is 0. The highest BCUT2D eigenvalue weighted by molar-refractivity contribution is 5.81. The summed E-state index contributed by atoms with van der Waals surface area (Å²) in [6.45, 7) is 4.28. The normalized spacial score (nSPS) is 14.3. The van der Waals surface area contributed by atoms with Crippen molar-refractivity contribution in [2.45, 2.75) is 32.8 Å². The van der Waals surface area contributed by atoms with Crippen molar-refractivity contribution in [3.05, 3.63) is 0 Å². The molecule has 19 heavy (non-hydrogen) atoms. The van der Waals surface area contributed by atoms with Crippen molar-refractivity contribution in [3.8, 4) is 0 Å².